The fraction of sp³-hybridized carbons (Fsp3) is 0.917. The molecule has 4 heteroatoms. The predicted octanol–water partition coefficient (Wildman–Crippen LogP) is 2.42. The average molecular weight is 229 g/mol. The van der Waals surface area contributed by atoms with Gasteiger partial charge in [-0.05, 0) is 20.0 Å². The van der Waals surface area contributed by atoms with Crippen LogP contribution in [0.3, 0.4) is 0 Å². The molecule has 0 atom stereocenters. The number of oxime groups is 1. The van der Waals surface area contributed by atoms with Crippen molar-refractivity contribution in [3.05, 3.63) is 0 Å². The van der Waals surface area contributed by atoms with Crippen LogP contribution in [0.25, 0.3) is 0 Å². The van der Waals surface area contributed by atoms with Crippen LogP contribution in [-0.4, -0.2) is 36.1 Å². The molecule has 0 aliphatic heterocycles. The van der Waals surface area contributed by atoms with Gasteiger partial charge in [-0.3, -0.25) is 0 Å². The van der Waals surface area contributed by atoms with Gasteiger partial charge >= 0.3 is 0 Å². The smallest absolute Gasteiger partial charge is 0.140 e. The first-order valence-electron chi connectivity index (χ1n) is 6.35. The van der Waals surface area contributed by atoms with Crippen LogP contribution in [0.4, 0.5) is 0 Å². The van der Waals surface area contributed by atoms with E-state index in [-0.39, 0.29) is 0 Å². The molecule has 0 bridgehead atoms. The first kappa shape index (κ1) is 15.2. The Bertz CT molecular complexity index is 183. The molecule has 0 fully saturated rings. The summed E-state index contributed by atoms with van der Waals surface area (Å²) in [6, 6.07) is 0. The minimum atomic E-state index is 0.315. The molecule has 4 nitrogen and oxygen atoms in total. The minimum absolute atomic E-state index is 0.315. The van der Waals surface area contributed by atoms with Crippen molar-refractivity contribution in [1.82, 2.24) is 4.90 Å². The van der Waals surface area contributed by atoms with E-state index >= 15 is 0 Å². The summed E-state index contributed by atoms with van der Waals surface area (Å²) in [5.41, 5.74) is 5.40. The molecule has 96 valence electrons. The number of amidine groups is 1. The topological polar surface area (TPSA) is 61.8 Å². The van der Waals surface area contributed by atoms with Crippen molar-refractivity contribution in [1.29, 1.82) is 0 Å². The van der Waals surface area contributed by atoms with Crippen LogP contribution in [-0.2, 0) is 0 Å². The van der Waals surface area contributed by atoms with Gasteiger partial charge in [0.15, 0.2) is 0 Å². The predicted molar refractivity (Wildman–Crippen MR) is 68.9 cm³/mol. The van der Waals surface area contributed by atoms with Gasteiger partial charge in [0.25, 0.3) is 0 Å². The fourth-order valence-electron chi connectivity index (χ4n) is 1.63. The summed E-state index contributed by atoms with van der Waals surface area (Å²) in [6.07, 6.45) is 8.58. The van der Waals surface area contributed by atoms with Crippen LogP contribution in [0.5, 0.6) is 0 Å². The van der Waals surface area contributed by atoms with Gasteiger partial charge in [0.2, 0.25) is 0 Å². The van der Waals surface area contributed by atoms with E-state index in [1.165, 1.54) is 38.5 Å². The maximum absolute atomic E-state index is 8.39. The molecule has 0 aliphatic rings. The van der Waals surface area contributed by atoms with E-state index in [2.05, 4.69) is 24.0 Å². The summed E-state index contributed by atoms with van der Waals surface area (Å²) in [5.74, 6) is 0.315. The van der Waals surface area contributed by atoms with Gasteiger partial charge in [-0.25, -0.2) is 0 Å². The number of hydrogen-bond acceptors (Lipinski definition) is 3. The summed E-state index contributed by atoms with van der Waals surface area (Å²) < 4.78 is 0. The van der Waals surface area contributed by atoms with Crippen molar-refractivity contribution in [3.63, 3.8) is 0 Å². The van der Waals surface area contributed by atoms with Gasteiger partial charge in [-0.15, -0.1) is 0 Å². The van der Waals surface area contributed by atoms with Crippen molar-refractivity contribution in [2.45, 2.75) is 51.9 Å². The second-order valence-electron chi connectivity index (χ2n) is 4.41. The first-order valence-corrected chi connectivity index (χ1v) is 6.35. The SMILES string of the molecule is CCCCCCCCN(C)CC/C(N)=N/O. The molecule has 0 spiro atoms. The Labute approximate surface area is 99.5 Å². The average Bonchev–Trinajstić information content (AvgIpc) is 2.30. The Balaban J connectivity index is 3.27. The highest BCUT2D eigenvalue weighted by molar-refractivity contribution is 5.79. The molecule has 0 aromatic rings. The van der Waals surface area contributed by atoms with Crippen LogP contribution >= 0.6 is 0 Å². The third-order valence-electron chi connectivity index (χ3n) is 2.77. The van der Waals surface area contributed by atoms with E-state index in [1.54, 1.807) is 0 Å². The van der Waals surface area contributed by atoms with Gasteiger partial charge in [0.05, 0.1) is 0 Å². The molecule has 0 aromatic carbocycles. The van der Waals surface area contributed by atoms with Crippen LogP contribution < -0.4 is 5.73 Å². The van der Waals surface area contributed by atoms with Crippen molar-refractivity contribution in [3.8, 4) is 0 Å². The molecule has 0 aliphatic carbocycles. The van der Waals surface area contributed by atoms with Crippen molar-refractivity contribution < 1.29 is 5.21 Å². The maximum Gasteiger partial charge on any atom is 0.140 e. The highest BCUT2D eigenvalue weighted by Gasteiger charge is 2.00. The number of nitrogens with two attached hydrogens (primary N) is 1. The number of unbranched alkanes of at least 4 members (excludes halogenated alkanes) is 5. The molecule has 0 amide bonds. The lowest BCUT2D eigenvalue weighted by Crippen LogP contribution is -2.25. The first-order chi connectivity index (χ1) is 7.70. The molecule has 0 rings (SSSR count). The van der Waals surface area contributed by atoms with Gasteiger partial charge in [0, 0.05) is 13.0 Å². The summed E-state index contributed by atoms with van der Waals surface area (Å²) in [4.78, 5) is 2.23. The molecule has 0 unspecified atom stereocenters. The fourth-order valence-corrected chi connectivity index (χ4v) is 1.63. The molecule has 3 N–H and O–H groups in total. The second-order valence-corrected chi connectivity index (χ2v) is 4.41. The zero-order valence-electron chi connectivity index (χ0n) is 10.8. The van der Waals surface area contributed by atoms with E-state index in [0.717, 1.165) is 13.1 Å². The Morgan fingerprint density at radius 1 is 1.12 bits per heavy atom. The zero-order valence-corrected chi connectivity index (χ0v) is 10.8. The molecule has 0 radical (unpaired) electrons. The molecular weight excluding hydrogens is 202 g/mol. The third-order valence-corrected chi connectivity index (χ3v) is 2.77. The van der Waals surface area contributed by atoms with Crippen molar-refractivity contribution >= 4 is 5.84 Å². The van der Waals surface area contributed by atoms with Crippen LogP contribution in [0.15, 0.2) is 5.16 Å². The van der Waals surface area contributed by atoms with Crippen LogP contribution in [0.1, 0.15) is 51.9 Å². The summed E-state index contributed by atoms with van der Waals surface area (Å²) in [5, 5.41) is 11.3. The molecule has 0 saturated carbocycles. The van der Waals surface area contributed by atoms with E-state index in [0.29, 0.717) is 12.3 Å². The largest absolute Gasteiger partial charge is 0.409 e. The molecule has 16 heavy (non-hydrogen) atoms. The van der Waals surface area contributed by atoms with E-state index in [1.807, 2.05) is 0 Å². The number of hydrogen-bond donors (Lipinski definition) is 2. The number of nitrogens with zero attached hydrogens (tertiary/aromatic N) is 2. The number of rotatable bonds is 10. The third kappa shape index (κ3) is 9.77. The minimum Gasteiger partial charge on any atom is -0.409 e. The normalized spacial score (nSPS) is 12.3. The van der Waals surface area contributed by atoms with E-state index in [9.17, 15) is 0 Å². The Morgan fingerprint density at radius 3 is 2.38 bits per heavy atom. The lowest BCUT2D eigenvalue weighted by atomic mass is 10.1. The van der Waals surface area contributed by atoms with E-state index in [4.69, 9.17) is 10.9 Å². The lowest BCUT2D eigenvalue weighted by molar-refractivity contribution is 0.309. The van der Waals surface area contributed by atoms with Gasteiger partial charge in [-0.1, -0.05) is 44.2 Å². The van der Waals surface area contributed by atoms with Crippen molar-refractivity contribution in [2.75, 3.05) is 20.1 Å². The monoisotopic (exact) mass is 229 g/mol. The lowest BCUT2D eigenvalue weighted by Gasteiger charge is -2.15. The van der Waals surface area contributed by atoms with Gasteiger partial charge < -0.3 is 15.8 Å². The quantitative estimate of drug-likeness (QED) is 0.199. The Hall–Kier alpha value is -0.770. The molecule has 0 aromatic heterocycles. The highest BCUT2D eigenvalue weighted by Crippen LogP contribution is 2.05. The standard InChI is InChI=1S/C12H27N3O/c1-3-4-5-6-7-8-10-15(2)11-9-12(13)14-16/h16H,3-11H2,1-2H3,(H2,13,14). The van der Waals surface area contributed by atoms with Gasteiger partial charge in [-0.2, -0.15) is 0 Å². The Morgan fingerprint density at radius 2 is 1.75 bits per heavy atom. The summed E-state index contributed by atoms with van der Waals surface area (Å²) in [6.45, 7) is 4.20. The second kappa shape index (κ2) is 10.7. The zero-order chi connectivity index (χ0) is 12.2. The van der Waals surface area contributed by atoms with Crippen LogP contribution in [0, 0.1) is 0 Å². The van der Waals surface area contributed by atoms with Crippen LogP contribution in [0.2, 0.25) is 0 Å². The summed E-state index contributed by atoms with van der Waals surface area (Å²) in [7, 11) is 2.08. The highest BCUT2D eigenvalue weighted by atomic mass is 16.4. The van der Waals surface area contributed by atoms with Crippen molar-refractivity contribution in [2.24, 2.45) is 10.9 Å². The Kier molecular flexibility index (Phi) is 10.2. The molecule has 0 saturated heterocycles. The summed E-state index contributed by atoms with van der Waals surface area (Å²) >= 11 is 0. The maximum atomic E-state index is 8.39. The molecular formula is C12H27N3O. The molecule has 0 heterocycles. The van der Waals surface area contributed by atoms with E-state index < -0.39 is 0 Å². The van der Waals surface area contributed by atoms with Gasteiger partial charge in [0.1, 0.15) is 5.84 Å².